The Kier molecular flexibility index (Phi) is 5.16. The van der Waals surface area contributed by atoms with Gasteiger partial charge in [-0.2, -0.15) is 4.31 Å². The summed E-state index contributed by atoms with van der Waals surface area (Å²) in [6.45, 7) is 4.00. The molecule has 2 aliphatic rings. The zero-order valence-electron chi connectivity index (χ0n) is 14.8. The van der Waals surface area contributed by atoms with E-state index in [9.17, 15) is 13.2 Å². The van der Waals surface area contributed by atoms with Gasteiger partial charge in [0.2, 0.25) is 10.0 Å². The van der Waals surface area contributed by atoms with Crippen LogP contribution in [0.2, 0.25) is 0 Å². The smallest absolute Gasteiger partial charge is 0.275 e. The summed E-state index contributed by atoms with van der Waals surface area (Å²) in [5.74, 6) is -0.0764. The van der Waals surface area contributed by atoms with Crippen molar-refractivity contribution in [3.8, 4) is 0 Å². The van der Waals surface area contributed by atoms with Crippen molar-refractivity contribution in [1.82, 2.24) is 18.8 Å². The lowest BCUT2D eigenvalue weighted by atomic mass is 9.76. The molecule has 3 rings (SSSR count). The minimum absolute atomic E-state index is 0.0710. The highest BCUT2D eigenvalue weighted by molar-refractivity contribution is 7.88. The van der Waals surface area contributed by atoms with Gasteiger partial charge < -0.3 is 9.64 Å². The lowest BCUT2D eigenvalue weighted by Crippen LogP contribution is -2.45. The van der Waals surface area contributed by atoms with Gasteiger partial charge in [0.1, 0.15) is 0 Å². The molecule has 3 heterocycles. The molecular formula is C15H24N4O4S2. The number of rotatable bonds is 4. The van der Waals surface area contributed by atoms with E-state index in [0.29, 0.717) is 31.9 Å². The number of carbonyl (C=O) groups excluding carboxylic acids is 1. The molecule has 1 spiro atoms. The average molecular weight is 389 g/mol. The van der Waals surface area contributed by atoms with Gasteiger partial charge in [0, 0.05) is 32.8 Å². The first-order chi connectivity index (χ1) is 11.8. The Morgan fingerprint density at radius 2 is 2.08 bits per heavy atom. The Bertz CT molecular complexity index is 740. The van der Waals surface area contributed by atoms with E-state index in [1.54, 1.807) is 11.4 Å². The number of likely N-dealkylation sites (tertiary alicyclic amines) is 1. The van der Waals surface area contributed by atoms with Crippen LogP contribution in [0.15, 0.2) is 0 Å². The zero-order chi connectivity index (χ0) is 18.2. The van der Waals surface area contributed by atoms with E-state index in [1.165, 1.54) is 17.8 Å². The van der Waals surface area contributed by atoms with Crippen molar-refractivity contribution < 1.29 is 17.9 Å². The Balaban J connectivity index is 1.69. The molecule has 2 saturated heterocycles. The Labute approximate surface area is 152 Å². The van der Waals surface area contributed by atoms with Crippen molar-refractivity contribution in [2.75, 3.05) is 39.6 Å². The maximum atomic E-state index is 12.6. The fraction of sp³-hybridized carbons (Fsp3) is 0.800. The van der Waals surface area contributed by atoms with Crippen molar-refractivity contribution >= 4 is 27.5 Å². The molecule has 0 saturated carbocycles. The normalized spacial score (nSPS) is 24.1. The Hall–Kier alpha value is -1.10. The summed E-state index contributed by atoms with van der Waals surface area (Å²) in [6.07, 6.45) is 3.63. The maximum Gasteiger partial charge on any atom is 0.275 e. The highest BCUT2D eigenvalue weighted by atomic mass is 32.2. The van der Waals surface area contributed by atoms with E-state index >= 15 is 0 Å². The summed E-state index contributed by atoms with van der Waals surface area (Å²) in [5.41, 5.74) is 0.362. The van der Waals surface area contributed by atoms with E-state index in [4.69, 9.17) is 4.74 Å². The van der Waals surface area contributed by atoms with Crippen LogP contribution in [-0.2, 0) is 14.8 Å². The van der Waals surface area contributed by atoms with E-state index in [-0.39, 0.29) is 17.4 Å². The van der Waals surface area contributed by atoms with E-state index in [0.717, 1.165) is 24.1 Å². The number of methoxy groups -OCH3 is 1. The van der Waals surface area contributed by atoms with Gasteiger partial charge in [-0.15, -0.1) is 5.10 Å². The highest BCUT2D eigenvalue weighted by Crippen LogP contribution is 2.44. The third-order valence-corrected chi connectivity index (χ3v) is 7.23. The first kappa shape index (κ1) is 18.7. The second-order valence-corrected chi connectivity index (χ2v) is 9.98. The van der Waals surface area contributed by atoms with Gasteiger partial charge in [-0.3, -0.25) is 4.79 Å². The molecule has 1 aromatic rings. The molecule has 25 heavy (non-hydrogen) atoms. The van der Waals surface area contributed by atoms with E-state index in [2.05, 4.69) is 9.59 Å². The number of piperidine rings is 1. The second-order valence-electron chi connectivity index (χ2n) is 7.09. The van der Waals surface area contributed by atoms with Crippen LogP contribution in [0.25, 0.3) is 0 Å². The van der Waals surface area contributed by atoms with Crippen molar-refractivity contribution in [2.45, 2.75) is 32.2 Å². The van der Waals surface area contributed by atoms with Crippen LogP contribution in [0.5, 0.6) is 0 Å². The summed E-state index contributed by atoms with van der Waals surface area (Å²) in [6, 6.07) is -0.118. The predicted molar refractivity (Wildman–Crippen MR) is 94.0 cm³/mol. The first-order valence-corrected chi connectivity index (χ1v) is 10.9. The number of hydrogen-bond donors (Lipinski definition) is 0. The largest absolute Gasteiger partial charge is 0.383 e. The SMILES string of the molecule is COCC1CC2(CCN(C(=O)c3nnsc3C)CC2)CN1S(C)(=O)=O. The molecule has 1 aromatic heterocycles. The molecule has 1 amide bonds. The number of nitrogens with zero attached hydrogens (tertiary/aromatic N) is 4. The molecular weight excluding hydrogens is 364 g/mol. The quantitative estimate of drug-likeness (QED) is 0.756. The molecule has 140 valence electrons. The highest BCUT2D eigenvalue weighted by Gasteiger charge is 2.49. The molecule has 1 atom stereocenters. The maximum absolute atomic E-state index is 12.6. The van der Waals surface area contributed by atoms with Gasteiger partial charge >= 0.3 is 0 Å². The number of carbonyl (C=O) groups is 1. The summed E-state index contributed by atoms with van der Waals surface area (Å²) in [7, 11) is -1.67. The molecule has 0 N–H and O–H groups in total. The van der Waals surface area contributed by atoms with Crippen molar-refractivity contribution in [1.29, 1.82) is 0 Å². The van der Waals surface area contributed by atoms with Gasteiger partial charge in [-0.1, -0.05) is 4.49 Å². The van der Waals surface area contributed by atoms with Gasteiger partial charge in [0.15, 0.2) is 5.69 Å². The number of hydrogen-bond acceptors (Lipinski definition) is 7. The van der Waals surface area contributed by atoms with Gasteiger partial charge in [0.05, 0.1) is 17.7 Å². The van der Waals surface area contributed by atoms with Crippen LogP contribution in [0.1, 0.15) is 34.6 Å². The predicted octanol–water partition coefficient (Wildman–Crippen LogP) is 0.749. The number of sulfonamides is 1. The third kappa shape index (κ3) is 3.71. The molecule has 0 radical (unpaired) electrons. The Morgan fingerprint density at radius 1 is 1.40 bits per heavy atom. The first-order valence-electron chi connectivity index (χ1n) is 8.30. The number of aromatic nitrogens is 2. The van der Waals surface area contributed by atoms with Crippen molar-refractivity contribution in [2.24, 2.45) is 5.41 Å². The summed E-state index contributed by atoms with van der Waals surface area (Å²) in [4.78, 5) is 15.2. The van der Waals surface area contributed by atoms with Crippen LogP contribution >= 0.6 is 11.5 Å². The van der Waals surface area contributed by atoms with Gasteiger partial charge in [-0.05, 0) is 43.1 Å². The van der Waals surface area contributed by atoms with Crippen LogP contribution in [0, 0.1) is 12.3 Å². The standard InChI is InChI=1S/C15H24N4O4S2/c1-11-13(16-17-24-11)14(20)18-6-4-15(5-7-18)8-12(9-23-2)19(10-15)25(3,21)22/h12H,4-10H2,1-3H3. The molecule has 10 heteroatoms. The van der Waals surface area contributed by atoms with Gasteiger partial charge in [-0.25, -0.2) is 8.42 Å². The number of amides is 1. The minimum atomic E-state index is -3.26. The number of aryl methyl sites for hydroxylation is 1. The fourth-order valence-electron chi connectivity index (χ4n) is 3.97. The second kappa shape index (κ2) is 6.90. The number of ether oxygens (including phenoxy) is 1. The molecule has 1 unspecified atom stereocenters. The third-order valence-electron chi connectivity index (χ3n) is 5.32. The van der Waals surface area contributed by atoms with Crippen molar-refractivity contribution in [3.63, 3.8) is 0 Å². The summed E-state index contributed by atoms with van der Waals surface area (Å²) < 4.78 is 34.8. The van der Waals surface area contributed by atoms with Crippen LogP contribution in [-0.4, -0.2) is 78.8 Å². The minimum Gasteiger partial charge on any atom is -0.383 e. The van der Waals surface area contributed by atoms with Crippen LogP contribution in [0.4, 0.5) is 0 Å². The lowest BCUT2D eigenvalue weighted by molar-refractivity contribution is 0.0588. The van der Waals surface area contributed by atoms with Gasteiger partial charge in [0.25, 0.3) is 5.91 Å². The fourth-order valence-corrected chi connectivity index (χ4v) is 5.62. The van der Waals surface area contributed by atoms with Crippen molar-refractivity contribution in [3.05, 3.63) is 10.6 Å². The van der Waals surface area contributed by atoms with E-state index in [1.807, 2.05) is 11.8 Å². The van der Waals surface area contributed by atoms with Crippen LogP contribution < -0.4 is 0 Å². The molecule has 2 fully saturated rings. The molecule has 8 nitrogen and oxygen atoms in total. The van der Waals surface area contributed by atoms with Crippen LogP contribution in [0.3, 0.4) is 0 Å². The molecule has 2 aliphatic heterocycles. The topological polar surface area (TPSA) is 92.7 Å². The molecule has 0 aliphatic carbocycles. The average Bonchev–Trinajstić information content (AvgIpc) is 3.12. The van der Waals surface area contributed by atoms with E-state index < -0.39 is 10.0 Å². The zero-order valence-corrected chi connectivity index (χ0v) is 16.4. The lowest BCUT2D eigenvalue weighted by Gasteiger charge is -2.39. The summed E-state index contributed by atoms with van der Waals surface area (Å²) in [5, 5.41) is 3.93. The Morgan fingerprint density at radius 3 is 2.60 bits per heavy atom. The molecule has 0 aromatic carbocycles. The monoisotopic (exact) mass is 388 g/mol. The molecule has 0 bridgehead atoms. The summed E-state index contributed by atoms with van der Waals surface area (Å²) >= 11 is 1.23.